The smallest absolute Gasteiger partial charge is 0.325 e. The molecule has 178 valence electrons. The maximum Gasteiger partial charge on any atom is 0.325 e. The molecule has 0 aliphatic heterocycles. The number of aliphatic hydroxyl groups excluding tert-OH is 1. The number of carbonyl (C=O) groups is 4. The second-order valence-corrected chi connectivity index (χ2v) is 7.66. The van der Waals surface area contributed by atoms with Gasteiger partial charge in [0, 0.05) is 0 Å². The second kappa shape index (κ2) is 12.6. The summed E-state index contributed by atoms with van der Waals surface area (Å²) in [7, 11) is 0. The molecule has 0 radical (unpaired) electrons. The molecule has 0 bridgehead atoms. The highest BCUT2D eigenvalue weighted by molar-refractivity contribution is 5.94. The number of aliphatic carboxylic acids is 1. The molecule has 0 spiro atoms. The molecule has 0 aliphatic carbocycles. The van der Waals surface area contributed by atoms with E-state index in [1.807, 2.05) is 0 Å². The molecule has 3 amide bonds. The molecule has 1 rings (SSSR count). The number of carboxylic acid groups (broad SMARTS) is 1. The van der Waals surface area contributed by atoms with Crippen molar-refractivity contribution in [3.63, 3.8) is 0 Å². The summed E-state index contributed by atoms with van der Waals surface area (Å²) in [6.07, 6.45) is 0.643. The molecular weight excluding hydrogens is 420 g/mol. The maximum atomic E-state index is 12.6. The van der Waals surface area contributed by atoms with E-state index in [4.69, 9.17) is 10.8 Å². The number of benzene rings is 1. The number of rotatable bonds is 12. The zero-order chi connectivity index (χ0) is 24.4. The normalized spacial score (nSPS) is 15.5. The van der Waals surface area contributed by atoms with Crippen LogP contribution in [0.15, 0.2) is 24.3 Å². The molecule has 0 saturated heterocycles. The van der Waals surface area contributed by atoms with Crippen LogP contribution in [0.2, 0.25) is 0 Å². The van der Waals surface area contributed by atoms with Crippen LogP contribution < -0.4 is 21.7 Å². The first-order valence-electron chi connectivity index (χ1n) is 10.3. The largest absolute Gasteiger partial charge is 0.508 e. The number of phenolic OH excluding ortho intramolecular Hbond substituents is 1. The molecule has 1 aromatic rings. The van der Waals surface area contributed by atoms with Crippen molar-refractivity contribution in [3.05, 3.63) is 29.8 Å². The molecule has 5 atom stereocenters. The fraction of sp³-hybridized carbons (Fsp3) is 0.524. The summed E-state index contributed by atoms with van der Waals surface area (Å²) in [5.41, 5.74) is 6.58. The van der Waals surface area contributed by atoms with Gasteiger partial charge in [0.15, 0.2) is 0 Å². The topological polar surface area (TPSA) is 191 Å². The van der Waals surface area contributed by atoms with E-state index >= 15 is 0 Å². The van der Waals surface area contributed by atoms with Gasteiger partial charge in [-0.15, -0.1) is 0 Å². The van der Waals surface area contributed by atoms with Crippen LogP contribution in [0.5, 0.6) is 5.75 Å². The molecular formula is C21H32N4O7. The second-order valence-electron chi connectivity index (χ2n) is 7.66. The van der Waals surface area contributed by atoms with Gasteiger partial charge in [0.2, 0.25) is 17.7 Å². The lowest BCUT2D eigenvalue weighted by Crippen LogP contribution is -2.59. The molecule has 0 aromatic heterocycles. The highest BCUT2D eigenvalue weighted by Crippen LogP contribution is 2.11. The lowest BCUT2D eigenvalue weighted by Gasteiger charge is -2.27. The van der Waals surface area contributed by atoms with E-state index in [2.05, 4.69) is 16.0 Å². The zero-order valence-electron chi connectivity index (χ0n) is 18.4. The van der Waals surface area contributed by atoms with Crippen molar-refractivity contribution in [2.45, 2.75) is 57.8 Å². The van der Waals surface area contributed by atoms with Gasteiger partial charge in [-0.2, -0.15) is 0 Å². The fourth-order valence-electron chi connectivity index (χ4n) is 2.77. The van der Waals surface area contributed by atoms with Gasteiger partial charge in [0.1, 0.15) is 23.9 Å². The number of hydrogen-bond acceptors (Lipinski definition) is 7. The van der Waals surface area contributed by atoms with E-state index in [1.165, 1.54) is 19.1 Å². The zero-order valence-corrected chi connectivity index (χ0v) is 18.4. The number of aliphatic hydroxyl groups is 1. The molecule has 11 nitrogen and oxygen atoms in total. The summed E-state index contributed by atoms with van der Waals surface area (Å²) in [6.45, 7) is 4.06. The monoisotopic (exact) mass is 452 g/mol. The first-order valence-corrected chi connectivity index (χ1v) is 10.3. The van der Waals surface area contributed by atoms with E-state index < -0.39 is 54.5 Å². The third-order valence-corrected chi connectivity index (χ3v) is 5.07. The Labute approximate surface area is 186 Å². The van der Waals surface area contributed by atoms with E-state index in [-0.39, 0.29) is 18.1 Å². The Balaban J connectivity index is 2.79. The molecule has 8 N–H and O–H groups in total. The van der Waals surface area contributed by atoms with E-state index in [0.717, 1.165) is 0 Å². The van der Waals surface area contributed by atoms with Crippen molar-refractivity contribution < 1.29 is 34.5 Å². The van der Waals surface area contributed by atoms with Crippen molar-refractivity contribution >= 4 is 23.7 Å². The Morgan fingerprint density at radius 2 is 1.56 bits per heavy atom. The Morgan fingerprint density at radius 1 is 0.969 bits per heavy atom. The first-order chi connectivity index (χ1) is 15.0. The van der Waals surface area contributed by atoms with Crippen LogP contribution >= 0.6 is 0 Å². The number of aromatic hydroxyl groups is 1. The third-order valence-electron chi connectivity index (χ3n) is 5.07. The molecule has 11 heteroatoms. The number of nitrogens with one attached hydrogen (secondary N) is 3. The molecule has 5 unspecified atom stereocenters. The van der Waals surface area contributed by atoms with Gasteiger partial charge in [-0.05, 0) is 37.0 Å². The highest BCUT2D eigenvalue weighted by atomic mass is 16.4. The van der Waals surface area contributed by atoms with Crippen molar-refractivity contribution in [2.75, 3.05) is 6.61 Å². The van der Waals surface area contributed by atoms with Crippen molar-refractivity contribution in [1.29, 1.82) is 0 Å². The fourth-order valence-corrected chi connectivity index (χ4v) is 2.77. The average molecular weight is 453 g/mol. The van der Waals surface area contributed by atoms with Gasteiger partial charge >= 0.3 is 5.97 Å². The maximum absolute atomic E-state index is 12.6. The van der Waals surface area contributed by atoms with Gasteiger partial charge in [0.05, 0.1) is 12.6 Å². The van der Waals surface area contributed by atoms with Crippen molar-refractivity contribution in [2.24, 2.45) is 11.7 Å². The number of hydrogen-bond donors (Lipinski definition) is 7. The predicted octanol–water partition coefficient (Wildman–Crippen LogP) is -1.14. The minimum atomic E-state index is -1.36. The summed E-state index contributed by atoms with van der Waals surface area (Å²) in [6, 6.07) is 1.52. The first kappa shape index (κ1) is 26.9. The lowest BCUT2D eigenvalue weighted by atomic mass is 9.97. The number of nitrogens with two attached hydrogens (primary N) is 1. The predicted molar refractivity (Wildman–Crippen MR) is 115 cm³/mol. The summed E-state index contributed by atoms with van der Waals surface area (Å²) >= 11 is 0. The van der Waals surface area contributed by atoms with Crippen LogP contribution in [0.1, 0.15) is 32.8 Å². The van der Waals surface area contributed by atoms with Crippen LogP contribution in [0.25, 0.3) is 0 Å². The van der Waals surface area contributed by atoms with Gasteiger partial charge in [-0.1, -0.05) is 32.4 Å². The van der Waals surface area contributed by atoms with Gasteiger partial charge < -0.3 is 37.0 Å². The third kappa shape index (κ3) is 8.16. The average Bonchev–Trinajstić information content (AvgIpc) is 2.75. The Morgan fingerprint density at radius 3 is 2.06 bits per heavy atom. The van der Waals surface area contributed by atoms with E-state index in [9.17, 15) is 29.4 Å². The van der Waals surface area contributed by atoms with Crippen LogP contribution in [0.4, 0.5) is 0 Å². The Hall–Kier alpha value is -3.18. The van der Waals surface area contributed by atoms with Crippen LogP contribution in [0.3, 0.4) is 0 Å². The summed E-state index contributed by atoms with van der Waals surface area (Å²) in [5.74, 6) is -3.67. The number of carbonyl (C=O) groups excluding carboxylic acids is 3. The highest BCUT2D eigenvalue weighted by Gasteiger charge is 2.31. The van der Waals surface area contributed by atoms with E-state index in [1.54, 1.807) is 26.0 Å². The molecule has 0 saturated carbocycles. The van der Waals surface area contributed by atoms with Crippen LogP contribution in [0, 0.1) is 5.92 Å². The number of carboxylic acids is 1. The van der Waals surface area contributed by atoms with Crippen molar-refractivity contribution in [1.82, 2.24) is 16.0 Å². The van der Waals surface area contributed by atoms with E-state index in [0.29, 0.717) is 12.0 Å². The summed E-state index contributed by atoms with van der Waals surface area (Å²) in [4.78, 5) is 48.5. The van der Waals surface area contributed by atoms with Gasteiger partial charge in [-0.25, -0.2) is 0 Å². The molecule has 0 fully saturated rings. The molecule has 32 heavy (non-hydrogen) atoms. The minimum absolute atomic E-state index is 0.0708. The van der Waals surface area contributed by atoms with Gasteiger partial charge in [-0.3, -0.25) is 19.2 Å². The summed E-state index contributed by atoms with van der Waals surface area (Å²) < 4.78 is 0. The Kier molecular flexibility index (Phi) is 10.6. The van der Waals surface area contributed by atoms with Crippen LogP contribution in [-0.2, 0) is 25.6 Å². The molecule has 0 aliphatic rings. The Bertz CT molecular complexity index is 800. The van der Waals surface area contributed by atoms with Crippen molar-refractivity contribution in [3.8, 4) is 5.75 Å². The number of amides is 3. The van der Waals surface area contributed by atoms with Crippen LogP contribution in [-0.4, -0.2) is 69.8 Å². The molecule has 1 aromatic carbocycles. The van der Waals surface area contributed by atoms with Gasteiger partial charge in [0.25, 0.3) is 0 Å². The lowest BCUT2D eigenvalue weighted by molar-refractivity contribution is -0.142. The summed E-state index contributed by atoms with van der Waals surface area (Å²) in [5, 5.41) is 35.0. The molecule has 0 heterocycles. The quantitative estimate of drug-likeness (QED) is 0.207. The SMILES string of the molecule is CCC(C)C(NC(=O)C(CO)NC(=O)C(N)Cc1ccc(O)cc1)C(=O)NC(C)C(=O)O. The number of phenols is 1. The standard InChI is InChI=1S/C21H32N4O7/c1-4-11(2)17(20(30)23-12(3)21(31)32)25-19(29)16(10-26)24-18(28)15(22)9-13-5-7-14(27)8-6-13/h5-8,11-12,15-17,26-27H,4,9-10,22H2,1-3H3,(H,23,30)(H,24,28)(H,25,29)(H,31,32). The minimum Gasteiger partial charge on any atom is -0.508 e.